The highest BCUT2D eigenvalue weighted by Gasteiger charge is 2.23. The van der Waals surface area contributed by atoms with Gasteiger partial charge in [0.25, 0.3) is 0 Å². The number of methoxy groups -OCH3 is 2. The molecule has 1 amide bonds. The fraction of sp³-hybridized carbons (Fsp3) is 0.333. The Morgan fingerprint density at radius 2 is 2.00 bits per heavy atom. The van der Waals surface area contributed by atoms with E-state index < -0.39 is 0 Å². The zero-order chi connectivity index (χ0) is 22.0. The molecule has 0 bridgehead atoms. The maximum Gasteiger partial charge on any atom is 0.225 e. The average molecular weight is 422 g/mol. The molecule has 1 aromatic heterocycles. The lowest BCUT2D eigenvalue weighted by atomic mass is 10.0. The maximum atomic E-state index is 12.4. The summed E-state index contributed by atoms with van der Waals surface area (Å²) in [6, 6.07) is 11.8. The number of hydrogen-bond donors (Lipinski definition) is 1. The summed E-state index contributed by atoms with van der Waals surface area (Å²) >= 11 is 0. The molecule has 1 N–H and O–H groups in total. The van der Waals surface area contributed by atoms with E-state index in [-0.39, 0.29) is 18.9 Å². The van der Waals surface area contributed by atoms with Gasteiger partial charge in [-0.05, 0) is 36.8 Å². The van der Waals surface area contributed by atoms with E-state index >= 15 is 0 Å². The van der Waals surface area contributed by atoms with Crippen LogP contribution in [0.1, 0.15) is 17.5 Å². The first-order valence-electron chi connectivity index (χ1n) is 10.2. The van der Waals surface area contributed by atoms with E-state index in [1.807, 2.05) is 43.3 Å². The van der Waals surface area contributed by atoms with E-state index in [2.05, 4.69) is 0 Å². The van der Waals surface area contributed by atoms with Crippen LogP contribution in [0.3, 0.4) is 0 Å². The molecule has 0 fully saturated rings. The summed E-state index contributed by atoms with van der Waals surface area (Å²) in [5, 5.41) is 10.2. The minimum absolute atomic E-state index is 0.0946. The Balaban J connectivity index is 1.83. The van der Waals surface area contributed by atoms with E-state index in [9.17, 15) is 4.79 Å². The van der Waals surface area contributed by atoms with Crippen molar-refractivity contribution >= 4 is 16.8 Å². The molecule has 1 aliphatic rings. The second-order valence-electron chi connectivity index (χ2n) is 7.48. The van der Waals surface area contributed by atoms with Crippen molar-refractivity contribution < 1.29 is 24.1 Å². The fourth-order valence-corrected chi connectivity index (χ4v) is 3.95. The molecule has 0 saturated heterocycles. The number of rotatable bonds is 5. The molecular weight excluding hydrogens is 396 g/mol. The summed E-state index contributed by atoms with van der Waals surface area (Å²) in [4.78, 5) is 19.0. The van der Waals surface area contributed by atoms with Crippen LogP contribution in [0.5, 0.6) is 17.2 Å². The lowest BCUT2D eigenvalue weighted by molar-refractivity contribution is -0.132. The van der Waals surface area contributed by atoms with Crippen molar-refractivity contribution in [2.24, 2.45) is 0 Å². The van der Waals surface area contributed by atoms with E-state index in [0.29, 0.717) is 36.9 Å². The van der Waals surface area contributed by atoms with Crippen LogP contribution in [-0.2, 0) is 11.3 Å². The van der Waals surface area contributed by atoms with E-state index in [0.717, 1.165) is 33.3 Å². The highest BCUT2D eigenvalue weighted by molar-refractivity contribution is 5.89. The third-order valence-corrected chi connectivity index (χ3v) is 5.52. The number of carbonyl (C=O) groups is 1. The monoisotopic (exact) mass is 422 g/mol. The molecule has 0 atom stereocenters. The number of aliphatic hydroxyl groups excluding tert-OH is 1. The van der Waals surface area contributed by atoms with Crippen molar-refractivity contribution in [3.63, 3.8) is 0 Å². The van der Waals surface area contributed by atoms with Crippen molar-refractivity contribution in [3.8, 4) is 28.5 Å². The molecule has 2 aromatic carbocycles. The minimum atomic E-state index is -0.172. The zero-order valence-electron chi connectivity index (χ0n) is 18.0. The minimum Gasteiger partial charge on any atom is -0.494 e. The Morgan fingerprint density at radius 3 is 2.74 bits per heavy atom. The Hall–Kier alpha value is -3.32. The van der Waals surface area contributed by atoms with E-state index in [1.54, 1.807) is 19.1 Å². The van der Waals surface area contributed by atoms with E-state index in [4.69, 9.17) is 24.3 Å². The van der Waals surface area contributed by atoms with Crippen molar-refractivity contribution in [2.75, 3.05) is 34.0 Å². The summed E-state index contributed by atoms with van der Waals surface area (Å²) < 4.78 is 17.1. The van der Waals surface area contributed by atoms with Crippen molar-refractivity contribution in [2.45, 2.75) is 19.9 Å². The first-order valence-corrected chi connectivity index (χ1v) is 10.2. The standard InChI is InChI=1S/C24H26N2O5/c1-15-11-19(25-23-18(15)5-4-6-20(23)29-2)16-12-17-14-26(22(28)7-9-27)8-10-31-24(17)21(13-16)30-3/h4-6,11-13,27H,7-10,14H2,1-3H3. The molecule has 7 heteroatoms. The number of para-hydroxylation sites is 1. The summed E-state index contributed by atoms with van der Waals surface area (Å²) in [6.07, 6.45) is 0.0946. The molecule has 31 heavy (non-hydrogen) atoms. The van der Waals surface area contributed by atoms with Gasteiger partial charge in [-0.3, -0.25) is 4.79 Å². The molecule has 2 heterocycles. The lowest BCUT2D eigenvalue weighted by Gasteiger charge is -2.20. The predicted molar refractivity (Wildman–Crippen MR) is 118 cm³/mol. The number of fused-ring (bicyclic) bond motifs is 2. The van der Waals surface area contributed by atoms with Gasteiger partial charge >= 0.3 is 0 Å². The number of carbonyl (C=O) groups excluding carboxylic acids is 1. The van der Waals surface area contributed by atoms with Gasteiger partial charge in [0.1, 0.15) is 17.9 Å². The predicted octanol–water partition coefficient (Wildman–Crippen LogP) is 3.33. The van der Waals surface area contributed by atoms with Crippen LogP contribution in [0.15, 0.2) is 36.4 Å². The number of aryl methyl sites for hydroxylation is 1. The molecule has 7 nitrogen and oxygen atoms in total. The Morgan fingerprint density at radius 1 is 1.19 bits per heavy atom. The number of ether oxygens (including phenoxy) is 3. The molecule has 0 spiro atoms. The van der Waals surface area contributed by atoms with Crippen molar-refractivity contribution in [1.29, 1.82) is 0 Å². The van der Waals surface area contributed by atoms with Gasteiger partial charge in [0, 0.05) is 29.5 Å². The Kier molecular flexibility index (Phi) is 5.95. The number of hydrogen-bond acceptors (Lipinski definition) is 6. The number of pyridine rings is 1. The second kappa shape index (κ2) is 8.81. The number of aromatic nitrogens is 1. The topological polar surface area (TPSA) is 81.1 Å². The smallest absolute Gasteiger partial charge is 0.225 e. The van der Waals surface area contributed by atoms with E-state index in [1.165, 1.54) is 0 Å². The van der Waals surface area contributed by atoms with Crippen LogP contribution in [-0.4, -0.2) is 54.9 Å². The summed E-state index contributed by atoms with van der Waals surface area (Å²) in [5.41, 5.74) is 4.38. The Labute approximate surface area is 181 Å². The van der Waals surface area contributed by atoms with Crippen LogP contribution in [0.4, 0.5) is 0 Å². The molecule has 4 rings (SSSR count). The summed E-state index contributed by atoms with van der Waals surface area (Å²) in [7, 11) is 3.24. The second-order valence-corrected chi connectivity index (χ2v) is 7.48. The molecule has 1 aliphatic heterocycles. The third-order valence-electron chi connectivity index (χ3n) is 5.52. The zero-order valence-corrected chi connectivity index (χ0v) is 18.0. The molecule has 0 aliphatic carbocycles. The van der Waals surface area contributed by atoms with Crippen LogP contribution in [0.25, 0.3) is 22.2 Å². The SMILES string of the molecule is COc1cc(-c2cc(C)c3cccc(OC)c3n2)cc2c1OCCN(C(=O)CCO)C2. The van der Waals surface area contributed by atoms with Crippen LogP contribution in [0, 0.1) is 6.92 Å². The molecule has 0 unspecified atom stereocenters. The van der Waals surface area contributed by atoms with Crippen LogP contribution >= 0.6 is 0 Å². The summed E-state index contributed by atoms with van der Waals surface area (Å²) in [6.45, 7) is 3.08. The molecule has 0 saturated carbocycles. The normalized spacial score (nSPS) is 13.4. The van der Waals surface area contributed by atoms with Crippen molar-refractivity contribution in [1.82, 2.24) is 9.88 Å². The third kappa shape index (κ3) is 4.01. The number of amides is 1. The molecule has 0 radical (unpaired) electrons. The first-order chi connectivity index (χ1) is 15.0. The van der Waals surface area contributed by atoms with Crippen molar-refractivity contribution in [3.05, 3.63) is 47.5 Å². The van der Waals surface area contributed by atoms with Gasteiger partial charge in [0.15, 0.2) is 11.5 Å². The van der Waals surface area contributed by atoms with Gasteiger partial charge in [-0.15, -0.1) is 0 Å². The maximum absolute atomic E-state index is 12.4. The highest BCUT2D eigenvalue weighted by Crippen LogP contribution is 2.39. The van der Waals surface area contributed by atoms with Gasteiger partial charge in [0.2, 0.25) is 5.91 Å². The lowest BCUT2D eigenvalue weighted by Crippen LogP contribution is -2.32. The number of nitrogens with zero attached hydrogens (tertiary/aromatic N) is 2. The first kappa shape index (κ1) is 20.9. The Bertz CT molecular complexity index is 1130. The quantitative estimate of drug-likeness (QED) is 0.679. The summed E-state index contributed by atoms with van der Waals surface area (Å²) in [5.74, 6) is 1.85. The van der Waals surface area contributed by atoms with Crippen LogP contribution < -0.4 is 14.2 Å². The van der Waals surface area contributed by atoms with Gasteiger partial charge in [0.05, 0.1) is 33.1 Å². The number of benzene rings is 2. The molecule has 162 valence electrons. The van der Waals surface area contributed by atoms with Gasteiger partial charge in [-0.25, -0.2) is 4.98 Å². The largest absolute Gasteiger partial charge is 0.494 e. The van der Waals surface area contributed by atoms with Crippen LogP contribution in [0.2, 0.25) is 0 Å². The fourth-order valence-electron chi connectivity index (χ4n) is 3.95. The van der Waals surface area contributed by atoms with Gasteiger partial charge in [-0.2, -0.15) is 0 Å². The number of aliphatic hydroxyl groups is 1. The van der Waals surface area contributed by atoms with Gasteiger partial charge < -0.3 is 24.2 Å². The molecule has 3 aromatic rings. The molecular formula is C24H26N2O5. The average Bonchev–Trinajstić information content (AvgIpc) is 3.00. The van der Waals surface area contributed by atoms with Gasteiger partial charge in [-0.1, -0.05) is 12.1 Å². The highest BCUT2D eigenvalue weighted by atomic mass is 16.5.